The molecule has 4 nitrogen and oxygen atoms in total. The molecule has 0 bridgehead atoms. The number of ether oxygens (including phenoxy) is 1. The first-order valence-electron chi connectivity index (χ1n) is 4.25. The first-order valence-corrected chi connectivity index (χ1v) is 4.25. The summed E-state index contributed by atoms with van der Waals surface area (Å²) < 4.78 is 5.33. The molecule has 0 radical (unpaired) electrons. The van der Waals surface area contributed by atoms with Crippen LogP contribution >= 0.6 is 0 Å². The van der Waals surface area contributed by atoms with Crippen LogP contribution in [0.1, 0.15) is 19.3 Å². The summed E-state index contributed by atoms with van der Waals surface area (Å²) >= 11 is 0. The van der Waals surface area contributed by atoms with Crippen molar-refractivity contribution in [2.45, 2.75) is 19.3 Å². The summed E-state index contributed by atoms with van der Waals surface area (Å²) in [4.78, 5) is 0. The predicted octanol–water partition coefficient (Wildman–Crippen LogP) is 0.917. The van der Waals surface area contributed by atoms with Crippen LogP contribution in [0.4, 0.5) is 0 Å². The van der Waals surface area contributed by atoms with Crippen molar-refractivity contribution in [2.75, 3.05) is 13.2 Å². The standard InChI is InChI=1S/C8H15N3O/c9-5-2-1-3-7-12-8-4-6-10-11-8/h4,6H,1-3,5,7,9H2,(H,10,11). The maximum absolute atomic E-state index is 5.35. The van der Waals surface area contributed by atoms with Crippen molar-refractivity contribution >= 4 is 0 Å². The van der Waals surface area contributed by atoms with Gasteiger partial charge in [0.1, 0.15) is 0 Å². The Morgan fingerprint density at radius 2 is 2.33 bits per heavy atom. The zero-order valence-corrected chi connectivity index (χ0v) is 7.12. The quantitative estimate of drug-likeness (QED) is 0.622. The summed E-state index contributed by atoms with van der Waals surface area (Å²) in [6.45, 7) is 1.51. The van der Waals surface area contributed by atoms with E-state index in [9.17, 15) is 0 Å². The fourth-order valence-corrected chi connectivity index (χ4v) is 0.929. The number of nitrogens with one attached hydrogen (secondary N) is 1. The second-order valence-corrected chi connectivity index (χ2v) is 2.62. The van der Waals surface area contributed by atoms with Gasteiger partial charge in [-0.25, -0.2) is 5.10 Å². The molecule has 0 saturated heterocycles. The Morgan fingerprint density at radius 1 is 1.42 bits per heavy atom. The third kappa shape index (κ3) is 3.39. The molecule has 0 fully saturated rings. The summed E-state index contributed by atoms with van der Waals surface area (Å²) in [7, 11) is 0. The van der Waals surface area contributed by atoms with Gasteiger partial charge in [0.25, 0.3) is 0 Å². The molecule has 1 heterocycles. The van der Waals surface area contributed by atoms with E-state index >= 15 is 0 Å². The topological polar surface area (TPSA) is 63.9 Å². The van der Waals surface area contributed by atoms with Gasteiger partial charge in [-0.1, -0.05) is 0 Å². The average molecular weight is 169 g/mol. The highest BCUT2D eigenvalue weighted by Crippen LogP contribution is 2.03. The largest absolute Gasteiger partial charge is 0.478 e. The number of hydrogen-bond acceptors (Lipinski definition) is 3. The van der Waals surface area contributed by atoms with E-state index < -0.39 is 0 Å². The van der Waals surface area contributed by atoms with E-state index in [2.05, 4.69) is 10.2 Å². The van der Waals surface area contributed by atoms with Crippen LogP contribution in [0.3, 0.4) is 0 Å². The molecule has 3 N–H and O–H groups in total. The lowest BCUT2D eigenvalue weighted by Crippen LogP contribution is -2.01. The number of H-pyrrole nitrogens is 1. The Kier molecular flexibility index (Phi) is 4.23. The summed E-state index contributed by atoms with van der Waals surface area (Å²) in [5.74, 6) is 0.739. The van der Waals surface area contributed by atoms with Crippen molar-refractivity contribution < 1.29 is 4.74 Å². The average Bonchev–Trinajstić information content (AvgIpc) is 2.57. The SMILES string of the molecule is NCCCCCOc1ccn[nH]1. The predicted molar refractivity (Wildman–Crippen MR) is 47.0 cm³/mol. The summed E-state index contributed by atoms with van der Waals surface area (Å²) in [5.41, 5.74) is 5.35. The normalized spacial score (nSPS) is 10.1. The van der Waals surface area contributed by atoms with E-state index in [0.29, 0.717) is 0 Å². The Labute approximate surface area is 72.1 Å². The van der Waals surface area contributed by atoms with Crippen molar-refractivity contribution in [3.63, 3.8) is 0 Å². The van der Waals surface area contributed by atoms with Crippen LogP contribution in [0.25, 0.3) is 0 Å². The van der Waals surface area contributed by atoms with E-state index in [1.807, 2.05) is 6.07 Å². The first kappa shape index (κ1) is 9.06. The zero-order valence-electron chi connectivity index (χ0n) is 7.12. The highest BCUT2D eigenvalue weighted by Gasteiger charge is 1.92. The minimum Gasteiger partial charge on any atom is -0.478 e. The van der Waals surface area contributed by atoms with E-state index in [4.69, 9.17) is 10.5 Å². The molecule has 0 unspecified atom stereocenters. The summed E-state index contributed by atoms with van der Waals surface area (Å²) in [5, 5.41) is 6.50. The molecule has 0 atom stereocenters. The number of nitrogens with two attached hydrogens (primary N) is 1. The van der Waals surface area contributed by atoms with Crippen LogP contribution in [-0.2, 0) is 0 Å². The Morgan fingerprint density at radius 3 is 3.00 bits per heavy atom. The van der Waals surface area contributed by atoms with Crippen LogP contribution in [0, 0.1) is 0 Å². The minimum atomic E-state index is 0.738. The monoisotopic (exact) mass is 169 g/mol. The molecule has 0 spiro atoms. The fraction of sp³-hybridized carbons (Fsp3) is 0.625. The van der Waals surface area contributed by atoms with Crippen molar-refractivity contribution in [1.29, 1.82) is 0 Å². The number of unbranched alkanes of at least 4 members (excludes halogenated alkanes) is 2. The molecule has 4 heteroatoms. The Hall–Kier alpha value is -1.03. The second-order valence-electron chi connectivity index (χ2n) is 2.62. The molecule has 68 valence electrons. The van der Waals surface area contributed by atoms with Crippen molar-refractivity contribution in [3.8, 4) is 5.88 Å². The van der Waals surface area contributed by atoms with Crippen LogP contribution in [0.5, 0.6) is 5.88 Å². The highest BCUT2D eigenvalue weighted by atomic mass is 16.5. The van der Waals surface area contributed by atoms with E-state index in [0.717, 1.165) is 38.3 Å². The van der Waals surface area contributed by atoms with Gasteiger partial charge in [0.2, 0.25) is 5.88 Å². The zero-order chi connectivity index (χ0) is 8.65. The van der Waals surface area contributed by atoms with E-state index in [1.54, 1.807) is 6.20 Å². The van der Waals surface area contributed by atoms with Gasteiger partial charge >= 0.3 is 0 Å². The molecular weight excluding hydrogens is 154 g/mol. The molecule has 0 aliphatic rings. The van der Waals surface area contributed by atoms with Crippen LogP contribution in [0.2, 0.25) is 0 Å². The molecule has 1 rings (SSSR count). The van der Waals surface area contributed by atoms with Gasteiger partial charge in [0.15, 0.2) is 0 Å². The van der Waals surface area contributed by atoms with Gasteiger partial charge in [-0.15, -0.1) is 0 Å². The molecule has 0 aliphatic carbocycles. The van der Waals surface area contributed by atoms with Gasteiger partial charge in [-0.3, -0.25) is 0 Å². The minimum absolute atomic E-state index is 0.738. The van der Waals surface area contributed by atoms with E-state index in [-0.39, 0.29) is 0 Å². The van der Waals surface area contributed by atoms with Crippen LogP contribution in [0.15, 0.2) is 12.3 Å². The number of nitrogens with zero attached hydrogens (tertiary/aromatic N) is 1. The number of aromatic amines is 1. The lowest BCUT2D eigenvalue weighted by molar-refractivity contribution is 0.294. The van der Waals surface area contributed by atoms with Gasteiger partial charge in [-0.2, -0.15) is 5.10 Å². The Bertz CT molecular complexity index is 186. The maximum atomic E-state index is 5.35. The molecule has 12 heavy (non-hydrogen) atoms. The lowest BCUT2D eigenvalue weighted by Gasteiger charge is -2.01. The molecular formula is C8H15N3O. The van der Waals surface area contributed by atoms with E-state index in [1.165, 1.54) is 0 Å². The lowest BCUT2D eigenvalue weighted by atomic mass is 10.2. The van der Waals surface area contributed by atoms with Gasteiger partial charge < -0.3 is 10.5 Å². The second kappa shape index (κ2) is 5.60. The van der Waals surface area contributed by atoms with Crippen LogP contribution in [-0.4, -0.2) is 23.3 Å². The molecule has 0 aliphatic heterocycles. The number of rotatable bonds is 6. The van der Waals surface area contributed by atoms with Crippen molar-refractivity contribution in [2.24, 2.45) is 5.73 Å². The van der Waals surface area contributed by atoms with Gasteiger partial charge in [0.05, 0.1) is 12.8 Å². The number of hydrogen-bond donors (Lipinski definition) is 2. The maximum Gasteiger partial charge on any atom is 0.208 e. The number of aromatic nitrogens is 2. The Balaban J connectivity index is 1.96. The third-order valence-electron chi connectivity index (χ3n) is 1.58. The van der Waals surface area contributed by atoms with Gasteiger partial charge in [0, 0.05) is 6.07 Å². The summed E-state index contributed by atoms with van der Waals surface area (Å²) in [6, 6.07) is 1.81. The fourth-order valence-electron chi connectivity index (χ4n) is 0.929. The molecule has 1 aromatic heterocycles. The highest BCUT2D eigenvalue weighted by molar-refractivity contribution is 5.03. The van der Waals surface area contributed by atoms with Crippen molar-refractivity contribution in [1.82, 2.24) is 10.2 Å². The molecule has 0 aromatic carbocycles. The van der Waals surface area contributed by atoms with Crippen LogP contribution < -0.4 is 10.5 Å². The van der Waals surface area contributed by atoms with Crippen molar-refractivity contribution in [3.05, 3.63) is 12.3 Å². The molecule has 1 aromatic rings. The third-order valence-corrected chi connectivity index (χ3v) is 1.58. The molecule has 0 saturated carbocycles. The summed E-state index contributed by atoms with van der Waals surface area (Å²) in [6.07, 6.45) is 4.93. The molecule has 0 amide bonds. The first-order chi connectivity index (χ1) is 5.93. The van der Waals surface area contributed by atoms with Gasteiger partial charge in [-0.05, 0) is 25.8 Å². The smallest absolute Gasteiger partial charge is 0.208 e.